The summed E-state index contributed by atoms with van der Waals surface area (Å²) in [6, 6.07) is 2.05. The fourth-order valence-corrected chi connectivity index (χ4v) is 2.93. The number of halogens is 1. The molecule has 24 heavy (non-hydrogen) atoms. The molecule has 138 valence electrons. The average Bonchev–Trinajstić information content (AvgIpc) is 3.24. The molecule has 2 N–H and O–H groups in total. The summed E-state index contributed by atoms with van der Waals surface area (Å²) in [5.41, 5.74) is 1.05. The zero-order valence-corrected chi connectivity index (χ0v) is 17.3. The maximum Gasteiger partial charge on any atom is 0.191 e. The van der Waals surface area contributed by atoms with Crippen molar-refractivity contribution in [3.63, 3.8) is 0 Å². The van der Waals surface area contributed by atoms with Crippen molar-refractivity contribution in [2.45, 2.75) is 64.5 Å². The second-order valence-electron chi connectivity index (χ2n) is 6.01. The molecule has 0 radical (unpaired) electrons. The lowest BCUT2D eigenvalue weighted by Gasteiger charge is -2.13. The first-order valence-corrected chi connectivity index (χ1v) is 8.78. The van der Waals surface area contributed by atoms with Gasteiger partial charge in [-0.25, -0.2) is 0 Å². The largest absolute Gasteiger partial charge is 0.378 e. The van der Waals surface area contributed by atoms with Gasteiger partial charge < -0.3 is 19.9 Å². The SMILES string of the molecule is CCC(CC)c1cc(CNC(=NC)NCCC2CCCO2)on1.I. The highest BCUT2D eigenvalue weighted by molar-refractivity contribution is 14.0. The standard InChI is InChI=1S/C17H30N4O2.HI/c1-4-13(5-2)16-11-15(23-21-16)12-20-17(18-3)19-9-8-14-7-6-10-22-14;/h11,13-14H,4-10,12H2,1-3H3,(H2,18,19,20);1H. The molecule has 0 spiro atoms. The van der Waals surface area contributed by atoms with Crippen molar-refractivity contribution in [3.05, 3.63) is 17.5 Å². The van der Waals surface area contributed by atoms with Crippen molar-refractivity contribution in [2.75, 3.05) is 20.2 Å². The minimum Gasteiger partial charge on any atom is -0.378 e. The van der Waals surface area contributed by atoms with E-state index in [0.29, 0.717) is 18.6 Å². The highest BCUT2D eigenvalue weighted by atomic mass is 127. The number of ether oxygens (including phenoxy) is 1. The van der Waals surface area contributed by atoms with Gasteiger partial charge in [-0.3, -0.25) is 4.99 Å². The maximum absolute atomic E-state index is 5.62. The molecule has 1 aliphatic rings. The second-order valence-corrected chi connectivity index (χ2v) is 6.01. The van der Waals surface area contributed by atoms with Crippen LogP contribution in [0.4, 0.5) is 0 Å². The highest BCUT2D eigenvalue weighted by Gasteiger charge is 2.15. The Kier molecular flexibility index (Phi) is 10.3. The Labute approximate surface area is 162 Å². The summed E-state index contributed by atoms with van der Waals surface area (Å²) in [7, 11) is 1.78. The van der Waals surface area contributed by atoms with Crippen LogP contribution in [0.3, 0.4) is 0 Å². The highest BCUT2D eigenvalue weighted by Crippen LogP contribution is 2.22. The van der Waals surface area contributed by atoms with Gasteiger partial charge in [0.05, 0.1) is 18.3 Å². The number of hydrogen-bond acceptors (Lipinski definition) is 4. The van der Waals surface area contributed by atoms with Crippen LogP contribution >= 0.6 is 24.0 Å². The summed E-state index contributed by atoms with van der Waals surface area (Å²) in [4.78, 5) is 4.23. The van der Waals surface area contributed by atoms with Crippen molar-refractivity contribution in [2.24, 2.45) is 4.99 Å². The molecule has 1 saturated heterocycles. The van der Waals surface area contributed by atoms with E-state index in [-0.39, 0.29) is 24.0 Å². The third kappa shape index (κ3) is 6.58. The van der Waals surface area contributed by atoms with Crippen LogP contribution in [-0.4, -0.2) is 37.4 Å². The fraction of sp³-hybridized carbons (Fsp3) is 0.765. The van der Waals surface area contributed by atoms with Crippen LogP contribution in [0, 0.1) is 0 Å². The first kappa shape index (κ1) is 21.2. The smallest absolute Gasteiger partial charge is 0.191 e. The Hall–Kier alpha value is -0.830. The molecule has 6 nitrogen and oxygen atoms in total. The van der Waals surface area contributed by atoms with E-state index in [2.05, 4.69) is 34.6 Å². The number of hydrogen-bond donors (Lipinski definition) is 2. The molecule has 7 heteroatoms. The van der Waals surface area contributed by atoms with Crippen LogP contribution in [0.2, 0.25) is 0 Å². The minimum atomic E-state index is 0. The molecule has 1 unspecified atom stereocenters. The average molecular weight is 450 g/mol. The molecule has 2 heterocycles. The number of nitrogens with one attached hydrogen (secondary N) is 2. The lowest BCUT2D eigenvalue weighted by Crippen LogP contribution is -2.38. The number of nitrogens with zero attached hydrogens (tertiary/aromatic N) is 2. The number of rotatable bonds is 8. The van der Waals surface area contributed by atoms with Crippen LogP contribution < -0.4 is 10.6 Å². The summed E-state index contributed by atoms with van der Waals surface area (Å²) in [6.07, 6.45) is 5.94. The Bertz CT molecular complexity index is 483. The Morgan fingerprint density at radius 1 is 1.38 bits per heavy atom. The van der Waals surface area contributed by atoms with Gasteiger partial charge in [-0.2, -0.15) is 0 Å². The van der Waals surface area contributed by atoms with Crippen LogP contribution in [0.25, 0.3) is 0 Å². The summed E-state index contributed by atoms with van der Waals surface area (Å²) < 4.78 is 11.0. The van der Waals surface area contributed by atoms with E-state index in [0.717, 1.165) is 49.8 Å². The molecule has 1 aromatic heterocycles. The number of guanidine groups is 1. The first-order chi connectivity index (χ1) is 11.3. The van der Waals surface area contributed by atoms with E-state index in [1.807, 2.05) is 6.07 Å². The van der Waals surface area contributed by atoms with Gasteiger partial charge in [0.25, 0.3) is 0 Å². The molecule has 1 fully saturated rings. The molecule has 1 aliphatic heterocycles. The quantitative estimate of drug-likeness (QED) is 0.361. The van der Waals surface area contributed by atoms with E-state index in [1.165, 1.54) is 12.8 Å². The predicted molar refractivity (Wildman–Crippen MR) is 107 cm³/mol. The molecular weight excluding hydrogens is 419 g/mol. The summed E-state index contributed by atoms with van der Waals surface area (Å²) in [5.74, 6) is 2.11. The van der Waals surface area contributed by atoms with Crippen LogP contribution in [-0.2, 0) is 11.3 Å². The second kappa shape index (κ2) is 11.7. The Balaban J connectivity index is 0.00000288. The lowest BCUT2D eigenvalue weighted by molar-refractivity contribution is 0.105. The summed E-state index contributed by atoms with van der Waals surface area (Å²) >= 11 is 0. The molecule has 0 bridgehead atoms. The third-order valence-corrected chi connectivity index (χ3v) is 4.42. The molecule has 0 saturated carbocycles. The van der Waals surface area contributed by atoms with Crippen molar-refractivity contribution in [3.8, 4) is 0 Å². The molecule has 0 aromatic carbocycles. The van der Waals surface area contributed by atoms with Gasteiger partial charge in [0.15, 0.2) is 11.7 Å². The zero-order chi connectivity index (χ0) is 16.5. The van der Waals surface area contributed by atoms with Gasteiger partial charge in [-0.15, -0.1) is 24.0 Å². The Morgan fingerprint density at radius 3 is 2.79 bits per heavy atom. The minimum absolute atomic E-state index is 0. The molecule has 2 rings (SSSR count). The number of aromatic nitrogens is 1. The molecule has 1 atom stereocenters. The zero-order valence-electron chi connectivity index (χ0n) is 15.0. The molecular formula is C17H31IN4O2. The Morgan fingerprint density at radius 2 is 2.17 bits per heavy atom. The van der Waals surface area contributed by atoms with Crippen molar-refractivity contribution in [1.82, 2.24) is 15.8 Å². The van der Waals surface area contributed by atoms with Gasteiger partial charge in [0.1, 0.15) is 0 Å². The van der Waals surface area contributed by atoms with E-state index in [4.69, 9.17) is 9.26 Å². The van der Waals surface area contributed by atoms with E-state index < -0.39 is 0 Å². The van der Waals surface area contributed by atoms with Crippen LogP contribution in [0.1, 0.15) is 63.3 Å². The predicted octanol–water partition coefficient (Wildman–Crippen LogP) is 3.43. The summed E-state index contributed by atoms with van der Waals surface area (Å²) in [5, 5.41) is 10.8. The van der Waals surface area contributed by atoms with Crippen molar-refractivity contribution in [1.29, 1.82) is 0 Å². The van der Waals surface area contributed by atoms with Gasteiger partial charge in [-0.1, -0.05) is 19.0 Å². The van der Waals surface area contributed by atoms with Gasteiger partial charge in [-0.05, 0) is 32.1 Å². The van der Waals surface area contributed by atoms with E-state index in [9.17, 15) is 0 Å². The molecule has 0 amide bonds. The van der Waals surface area contributed by atoms with Gasteiger partial charge in [0, 0.05) is 32.2 Å². The van der Waals surface area contributed by atoms with Gasteiger partial charge >= 0.3 is 0 Å². The summed E-state index contributed by atoms with van der Waals surface area (Å²) in [6.45, 7) is 6.72. The number of aliphatic imine (C=N–C) groups is 1. The van der Waals surface area contributed by atoms with E-state index >= 15 is 0 Å². The normalized spacial score (nSPS) is 17.8. The van der Waals surface area contributed by atoms with Crippen molar-refractivity contribution < 1.29 is 9.26 Å². The lowest BCUT2D eigenvalue weighted by atomic mass is 9.99. The molecule has 1 aromatic rings. The maximum atomic E-state index is 5.62. The fourth-order valence-electron chi connectivity index (χ4n) is 2.93. The van der Waals surface area contributed by atoms with Crippen LogP contribution in [0.5, 0.6) is 0 Å². The molecule has 0 aliphatic carbocycles. The monoisotopic (exact) mass is 450 g/mol. The third-order valence-electron chi connectivity index (χ3n) is 4.42. The van der Waals surface area contributed by atoms with Crippen LogP contribution in [0.15, 0.2) is 15.6 Å². The van der Waals surface area contributed by atoms with Gasteiger partial charge in [0.2, 0.25) is 0 Å². The van der Waals surface area contributed by atoms with Crippen molar-refractivity contribution >= 4 is 29.9 Å². The van der Waals surface area contributed by atoms with E-state index in [1.54, 1.807) is 7.05 Å². The topological polar surface area (TPSA) is 71.7 Å². The first-order valence-electron chi connectivity index (χ1n) is 8.78.